The second-order valence-electron chi connectivity index (χ2n) is 11.5. The number of fused-ring (bicyclic) bond motifs is 12. The number of esters is 1. The van der Waals surface area contributed by atoms with E-state index in [2.05, 4.69) is 19.9 Å². The Kier molecular flexibility index (Phi) is 2.56. The van der Waals surface area contributed by atoms with Gasteiger partial charge in [0.2, 0.25) is 0 Å². The highest BCUT2D eigenvalue weighted by Crippen LogP contribution is 2.82. The number of hydrogen-bond acceptors (Lipinski definition) is 3. The van der Waals surface area contributed by atoms with Crippen molar-refractivity contribution in [3.05, 3.63) is 11.6 Å². The van der Waals surface area contributed by atoms with E-state index in [9.17, 15) is 9.59 Å². The van der Waals surface area contributed by atoms with Gasteiger partial charge in [-0.3, -0.25) is 9.59 Å². The van der Waals surface area contributed by atoms with Gasteiger partial charge in [0, 0.05) is 24.2 Å². The minimum atomic E-state index is -0.131. The molecule has 1 aliphatic heterocycles. The predicted molar refractivity (Wildman–Crippen MR) is 99.5 cm³/mol. The van der Waals surface area contributed by atoms with Gasteiger partial charge in [-0.2, -0.15) is 0 Å². The Hall–Kier alpha value is -1.12. The van der Waals surface area contributed by atoms with Gasteiger partial charge in [-0.15, -0.1) is 0 Å². The lowest BCUT2D eigenvalue weighted by molar-refractivity contribution is -0.177. The van der Waals surface area contributed by atoms with Gasteiger partial charge in [0.25, 0.3) is 0 Å². The van der Waals surface area contributed by atoms with Crippen LogP contribution in [0.5, 0.6) is 0 Å². The molecule has 0 aromatic rings. The molecular weight excluding hydrogens is 336 g/mol. The number of carbonyl (C=O) groups excluding carboxylic acids is 2. The lowest BCUT2D eigenvalue weighted by Crippen LogP contribution is -2.57. The number of allylic oxidation sites excluding steroid dienone is 1. The van der Waals surface area contributed by atoms with Crippen LogP contribution in [-0.4, -0.2) is 17.4 Å². The van der Waals surface area contributed by atoms with Crippen molar-refractivity contribution in [3.8, 4) is 0 Å². The Bertz CT molecular complexity index is 827. The zero-order chi connectivity index (χ0) is 18.3. The molecule has 6 aliphatic carbocycles. The zero-order valence-corrected chi connectivity index (χ0v) is 16.5. The summed E-state index contributed by atoms with van der Waals surface area (Å²) in [6.45, 7) is 4.99. The highest BCUT2D eigenvalue weighted by molar-refractivity contribution is 5.92. The smallest absolute Gasteiger partial charge is 0.306 e. The predicted octanol–water partition coefficient (Wildman–Crippen LogP) is 4.31. The average molecular weight is 367 g/mol. The monoisotopic (exact) mass is 366 g/mol. The molecule has 144 valence electrons. The lowest BCUT2D eigenvalue weighted by Gasteiger charge is -2.60. The first-order valence-corrected chi connectivity index (χ1v) is 11.4. The maximum Gasteiger partial charge on any atom is 0.306 e. The molecule has 4 unspecified atom stereocenters. The van der Waals surface area contributed by atoms with Gasteiger partial charge in [-0.1, -0.05) is 19.4 Å². The second kappa shape index (κ2) is 4.39. The van der Waals surface area contributed by atoms with E-state index in [4.69, 9.17) is 4.74 Å². The molecule has 1 heterocycles. The Morgan fingerprint density at radius 2 is 1.85 bits per heavy atom. The Labute approximate surface area is 161 Å². The van der Waals surface area contributed by atoms with Crippen molar-refractivity contribution < 1.29 is 14.3 Å². The summed E-state index contributed by atoms with van der Waals surface area (Å²) in [5, 5.41) is 0. The number of rotatable bonds is 0. The van der Waals surface area contributed by atoms with Crippen LogP contribution in [0.15, 0.2) is 11.6 Å². The normalized spacial score (nSPS) is 62.0. The van der Waals surface area contributed by atoms with E-state index >= 15 is 0 Å². The van der Waals surface area contributed by atoms with E-state index in [1.807, 2.05) is 0 Å². The molecule has 5 saturated carbocycles. The van der Waals surface area contributed by atoms with E-state index in [0.29, 0.717) is 24.0 Å². The van der Waals surface area contributed by atoms with Crippen molar-refractivity contribution in [3.63, 3.8) is 0 Å². The third-order valence-electron chi connectivity index (χ3n) is 10.9. The van der Waals surface area contributed by atoms with Gasteiger partial charge in [0.1, 0.15) is 5.60 Å². The summed E-state index contributed by atoms with van der Waals surface area (Å²) in [6, 6.07) is 0. The molecule has 1 spiro atoms. The highest BCUT2D eigenvalue weighted by Gasteiger charge is 2.81. The highest BCUT2D eigenvalue weighted by atomic mass is 16.6. The quantitative estimate of drug-likeness (QED) is 0.600. The first-order chi connectivity index (χ1) is 12.9. The van der Waals surface area contributed by atoms with E-state index in [-0.39, 0.29) is 22.4 Å². The van der Waals surface area contributed by atoms with Gasteiger partial charge in [0.15, 0.2) is 5.78 Å². The fourth-order valence-corrected chi connectivity index (χ4v) is 9.74. The summed E-state index contributed by atoms with van der Waals surface area (Å²) >= 11 is 0. The van der Waals surface area contributed by atoms with Crippen LogP contribution in [0.25, 0.3) is 0 Å². The maximum atomic E-state index is 12.2. The molecule has 0 aromatic heterocycles. The number of hydrogen-bond donors (Lipinski definition) is 0. The summed E-state index contributed by atoms with van der Waals surface area (Å²) in [5.74, 6) is 5.65. The minimum Gasteiger partial charge on any atom is -0.458 e. The van der Waals surface area contributed by atoms with Crippen LogP contribution in [0.2, 0.25) is 0 Å². The SMILES string of the molecule is C[C@]12CCC(=O)C=C1C1C[C@@H]1C1[C@@H]3C4CC4[C@@]4(CCC(=O)O4)[C@@]3(C)CC[C@@H]12. The Morgan fingerprint density at radius 1 is 1.00 bits per heavy atom. The van der Waals surface area contributed by atoms with Crippen LogP contribution < -0.4 is 0 Å². The third-order valence-corrected chi connectivity index (χ3v) is 10.9. The van der Waals surface area contributed by atoms with E-state index in [1.54, 1.807) is 0 Å². The van der Waals surface area contributed by atoms with E-state index in [1.165, 1.54) is 31.3 Å². The Morgan fingerprint density at radius 3 is 2.63 bits per heavy atom. The van der Waals surface area contributed by atoms with Gasteiger partial charge in [-0.05, 0) is 85.5 Å². The molecule has 3 heteroatoms. The van der Waals surface area contributed by atoms with Crippen LogP contribution in [0.3, 0.4) is 0 Å². The zero-order valence-electron chi connectivity index (χ0n) is 16.5. The fraction of sp³-hybridized carbons (Fsp3) is 0.833. The standard InChI is InChI=1S/C24H30O3/c1-22-6-3-12(25)9-17(22)13-10-14(13)20-16(22)4-7-23(2)21(20)15-11-18(15)24(23)8-5-19(26)27-24/h9,13-16,18,20-21H,3-8,10-11H2,1-2H3/t13?,14-,15?,16-,18?,20?,21-,22+,23-,24-/m0/s1. The van der Waals surface area contributed by atoms with Crippen molar-refractivity contribution in [2.24, 2.45) is 52.3 Å². The van der Waals surface area contributed by atoms with Gasteiger partial charge in [-0.25, -0.2) is 0 Å². The number of ether oxygens (including phenoxy) is 1. The first-order valence-electron chi connectivity index (χ1n) is 11.4. The average Bonchev–Trinajstić information content (AvgIpc) is 3.53. The molecule has 6 fully saturated rings. The molecule has 1 saturated heterocycles. The molecule has 0 aromatic carbocycles. The summed E-state index contributed by atoms with van der Waals surface area (Å²) in [4.78, 5) is 24.3. The molecule has 0 amide bonds. The van der Waals surface area contributed by atoms with E-state index in [0.717, 1.165) is 48.9 Å². The summed E-state index contributed by atoms with van der Waals surface area (Å²) in [6.07, 6.45) is 10.6. The maximum absolute atomic E-state index is 12.2. The topological polar surface area (TPSA) is 43.4 Å². The molecule has 7 rings (SSSR count). The van der Waals surface area contributed by atoms with Crippen molar-refractivity contribution in [1.82, 2.24) is 0 Å². The molecular formula is C24H30O3. The molecule has 0 N–H and O–H groups in total. The molecule has 0 bridgehead atoms. The van der Waals surface area contributed by atoms with Crippen LogP contribution in [-0.2, 0) is 14.3 Å². The number of ketones is 1. The summed E-state index contributed by atoms with van der Waals surface area (Å²) in [7, 11) is 0. The molecule has 3 nitrogen and oxygen atoms in total. The minimum absolute atomic E-state index is 0.0561. The second-order valence-corrected chi connectivity index (χ2v) is 11.5. The van der Waals surface area contributed by atoms with Gasteiger partial charge in [0.05, 0.1) is 0 Å². The van der Waals surface area contributed by atoms with Crippen molar-refractivity contribution in [2.45, 2.75) is 70.8 Å². The molecule has 0 radical (unpaired) electrons. The van der Waals surface area contributed by atoms with Crippen molar-refractivity contribution >= 4 is 11.8 Å². The number of carbonyl (C=O) groups is 2. The summed E-state index contributed by atoms with van der Waals surface area (Å²) < 4.78 is 6.22. The van der Waals surface area contributed by atoms with Crippen LogP contribution in [0, 0.1) is 52.3 Å². The van der Waals surface area contributed by atoms with Crippen LogP contribution in [0.4, 0.5) is 0 Å². The largest absolute Gasteiger partial charge is 0.458 e. The molecule has 10 atom stereocenters. The van der Waals surface area contributed by atoms with Crippen LogP contribution >= 0.6 is 0 Å². The van der Waals surface area contributed by atoms with Gasteiger partial charge < -0.3 is 4.74 Å². The van der Waals surface area contributed by atoms with Crippen molar-refractivity contribution in [1.29, 1.82) is 0 Å². The Balaban J connectivity index is 1.33. The van der Waals surface area contributed by atoms with Crippen LogP contribution in [0.1, 0.15) is 65.2 Å². The van der Waals surface area contributed by atoms with Gasteiger partial charge >= 0.3 is 5.97 Å². The summed E-state index contributed by atoms with van der Waals surface area (Å²) in [5.41, 5.74) is 1.85. The van der Waals surface area contributed by atoms with Crippen molar-refractivity contribution in [2.75, 3.05) is 0 Å². The fourth-order valence-electron chi connectivity index (χ4n) is 9.74. The first kappa shape index (κ1) is 15.8. The van der Waals surface area contributed by atoms with E-state index < -0.39 is 0 Å². The lowest BCUT2D eigenvalue weighted by atomic mass is 9.45. The molecule has 7 aliphatic rings. The third kappa shape index (κ3) is 1.58. The molecule has 27 heavy (non-hydrogen) atoms.